The number of urea groups is 1. The molecule has 0 aromatic heterocycles. The van der Waals surface area contributed by atoms with Crippen LogP contribution in [0.3, 0.4) is 0 Å². The van der Waals surface area contributed by atoms with Gasteiger partial charge in [-0.1, -0.05) is 42.5 Å². The summed E-state index contributed by atoms with van der Waals surface area (Å²) in [4.78, 5) is 27.2. The van der Waals surface area contributed by atoms with Gasteiger partial charge in [-0.3, -0.25) is 4.79 Å². The van der Waals surface area contributed by atoms with E-state index in [1.807, 2.05) is 61.5 Å². The number of hydrogen-bond donors (Lipinski definition) is 1. The zero-order chi connectivity index (χ0) is 22.9. The van der Waals surface area contributed by atoms with Gasteiger partial charge < -0.3 is 19.7 Å². The molecule has 1 N–H and O–H groups in total. The van der Waals surface area contributed by atoms with Crippen molar-refractivity contribution in [1.29, 1.82) is 0 Å². The number of amides is 3. The number of nitrogens with zero attached hydrogens (tertiary/aromatic N) is 3. The average Bonchev–Trinajstić information content (AvgIpc) is 3.28. The van der Waals surface area contributed by atoms with Gasteiger partial charge in [-0.15, -0.1) is 0 Å². The smallest absolute Gasteiger partial charge is 0.317 e. The lowest BCUT2D eigenvalue weighted by Gasteiger charge is -2.27. The SMILES string of the molecule is CCNC(=O)N(CCOC)CC(=O)N1N=C(c2cccc(OC)c2)C[C@@H]1c1ccccc1. The lowest BCUT2D eigenvalue weighted by molar-refractivity contribution is -0.133. The van der Waals surface area contributed by atoms with Gasteiger partial charge in [0.05, 0.1) is 25.5 Å². The lowest BCUT2D eigenvalue weighted by atomic mass is 9.98. The molecule has 3 rings (SSSR count). The van der Waals surface area contributed by atoms with Crippen molar-refractivity contribution < 1.29 is 19.1 Å². The van der Waals surface area contributed by atoms with Crippen molar-refractivity contribution in [2.24, 2.45) is 5.10 Å². The molecular weight excluding hydrogens is 408 g/mol. The Morgan fingerprint density at radius 1 is 1.16 bits per heavy atom. The zero-order valence-corrected chi connectivity index (χ0v) is 18.8. The molecule has 1 aliphatic rings. The van der Waals surface area contributed by atoms with Gasteiger partial charge in [0.15, 0.2) is 0 Å². The van der Waals surface area contributed by atoms with E-state index in [0.717, 1.165) is 22.6 Å². The topological polar surface area (TPSA) is 83.5 Å². The van der Waals surface area contributed by atoms with Crippen molar-refractivity contribution in [2.45, 2.75) is 19.4 Å². The first kappa shape index (κ1) is 23.3. The first-order chi connectivity index (χ1) is 15.6. The molecule has 0 unspecified atom stereocenters. The maximum absolute atomic E-state index is 13.3. The van der Waals surface area contributed by atoms with E-state index in [0.29, 0.717) is 26.1 Å². The van der Waals surface area contributed by atoms with E-state index in [9.17, 15) is 9.59 Å². The van der Waals surface area contributed by atoms with E-state index in [-0.39, 0.29) is 24.5 Å². The van der Waals surface area contributed by atoms with E-state index in [1.54, 1.807) is 14.2 Å². The van der Waals surface area contributed by atoms with Crippen molar-refractivity contribution in [3.05, 3.63) is 65.7 Å². The van der Waals surface area contributed by atoms with Crippen LogP contribution in [0.5, 0.6) is 5.75 Å². The van der Waals surface area contributed by atoms with Crippen molar-refractivity contribution in [2.75, 3.05) is 40.5 Å². The minimum absolute atomic E-state index is 0.0899. The van der Waals surface area contributed by atoms with Crippen LogP contribution in [0.25, 0.3) is 0 Å². The summed E-state index contributed by atoms with van der Waals surface area (Å²) in [5, 5.41) is 8.94. The minimum atomic E-state index is -0.301. The standard InChI is InChI=1S/C24H30N4O4/c1-4-25-24(30)27(13-14-31-2)17-23(29)28-22(18-9-6-5-7-10-18)16-21(26-28)19-11-8-12-20(15-19)32-3/h5-12,15,22H,4,13-14,16-17H2,1-3H3,(H,25,30)/t22-/m1/s1. The van der Waals surface area contributed by atoms with Crippen LogP contribution in [0.2, 0.25) is 0 Å². The first-order valence-electron chi connectivity index (χ1n) is 10.7. The predicted molar refractivity (Wildman–Crippen MR) is 123 cm³/mol. The van der Waals surface area contributed by atoms with Crippen LogP contribution in [0, 0.1) is 0 Å². The Labute approximate surface area is 188 Å². The molecule has 1 aliphatic heterocycles. The molecule has 1 heterocycles. The second-order valence-electron chi connectivity index (χ2n) is 7.40. The lowest BCUT2D eigenvalue weighted by Crippen LogP contribution is -2.47. The van der Waals surface area contributed by atoms with E-state index in [2.05, 4.69) is 10.4 Å². The normalized spacial score (nSPS) is 15.3. The third-order valence-corrected chi connectivity index (χ3v) is 5.26. The molecule has 3 amide bonds. The van der Waals surface area contributed by atoms with Crippen LogP contribution in [-0.2, 0) is 9.53 Å². The van der Waals surface area contributed by atoms with E-state index in [1.165, 1.54) is 9.91 Å². The van der Waals surface area contributed by atoms with Gasteiger partial charge >= 0.3 is 6.03 Å². The summed E-state index contributed by atoms with van der Waals surface area (Å²) in [7, 11) is 3.18. The summed E-state index contributed by atoms with van der Waals surface area (Å²) in [5.74, 6) is 0.479. The van der Waals surface area contributed by atoms with Crippen LogP contribution in [0.1, 0.15) is 30.5 Å². The third-order valence-electron chi connectivity index (χ3n) is 5.26. The minimum Gasteiger partial charge on any atom is -0.497 e. The average molecular weight is 439 g/mol. The second kappa shape index (κ2) is 11.3. The monoisotopic (exact) mass is 438 g/mol. The molecule has 32 heavy (non-hydrogen) atoms. The largest absolute Gasteiger partial charge is 0.497 e. The number of methoxy groups -OCH3 is 2. The summed E-state index contributed by atoms with van der Waals surface area (Å²) in [6.45, 7) is 2.87. The van der Waals surface area contributed by atoms with Crippen molar-refractivity contribution in [1.82, 2.24) is 15.2 Å². The fourth-order valence-corrected chi connectivity index (χ4v) is 3.60. The van der Waals surface area contributed by atoms with Crippen molar-refractivity contribution in [3.63, 3.8) is 0 Å². The number of benzene rings is 2. The molecule has 1 atom stereocenters. The van der Waals surface area contributed by atoms with E-state index >= 15 is 0 Å². The molecule has 8 nitrogen and oxygen atoms in total. The summed E-state index contributed by atoms with van der Waals surface area (Å²) in [5.41, 5.74) is 2.69. The van der Waals surface area contributed by atoms with Gasteiger partial charge in [-0.25, -0.2) is 9.80 Å². The molecule has 8 heteroatoms. The molecule has 2 aromatic carbocycles. The summed E-state index contributed by atoms with van der Waals surface area (Å²) in [6.07, 6.45) is 0.572. The highest BCUT2D eigenvalue weighted by molar-refractivity contribution is 6.03. The van der Waals surface area contributed by atoms with Gasteiger partial charge in [0.25, 0.3) is 5.91 Å². The predicted octanol–water partition coefficient (Wildman–Crippen LogP) is 3.05. The number of carbonyl (C=O) groups is 2. The molecule has 0 saturated heterocycles. The van der Waals surface area contributed by atoms with E-state index in [4.69, 9.17) is 9.47 Å². The molecule has 0 spiro atoms. The molecule has 0 aliphatic carbocycles. The summed E-state index contributed by atoms with van der Waals surface area (Å²) < 4.78 is 10.5. The molecule has 0 saturated carbocycles. The quantitative estimate of drug-likeness (QED) is 0.652. The van der Waals surface area contributed by atoms with E-state index < -0.39 is 0 Å². The summed E-state index contributed by atoms with van der Waals surface area (Å²) >= 11 is 0. The third kappa shape index (κ3) is 5.64. The second-order valence-corrected chi connectivity index (χ2v) is 7.40. The van der Waals surface area contributed by atoms with Gasteiger partial charge in [0.2, 0.25) is 0 Å². The molecule has 2 aromatic rings. The summed E-state index contributed by atoms with van der Waals surface area (Å²) in [6, 6.07) is 16.9. The first-order valence-corrected chi connectivity index (χ1v) is 10.7. The van der Waals surface area contributed by atoms with Gasteiger partial charge in [0.1, 0.15) is 12.3 Å². The molecule has 0 radical (unpaired) electrons. The Bertz CT molecular complexity index is 948. The maximum Gasteiger partial charge on any atom is 0.317 e. The number of hydrogen-bond acceptors (Lipinski definition) is 5. The van der Waals surface area contributed by atoms with Crippen LogP contribution in [-0.4, -0.2) is 68.0 Å². The fourth-order valence-electron chi connectivity index (χ4n) is 3.60. The van der Waals surface area contributed by atoms with Crippen LogP contribution < -0.4 is 10.1 Å². The number of rotatable bonds is 9. The molecule has 170 valence electrons. The number of carbonyl (C=O) groups excluding carboxylic acids is 2. The zero-order valence-electron chi connectivity index (χ0n) is 18.8. The molecular formula is C24H30N4O4. The van der Waals surface area contributed by atoms with Gasteiger partial charge in [-0.05, 0) is 24.6 Å². The molecule has 0 fully saturated rings. The maximum atomic E-state index is 13.3. The Balaban J connectivity index is 1.88. The van der Waals surface area contributed by atoms with Gasteiger partial charge in [-0.2, -0.15) is 5.10 Å². The highest BCUT2D eigenvalue weighted by Gasteiger charge is 2.34. The fraction of sp³-hybridized carbons (Fsp3) is 0.375. The molecule has 0 bridgehead atoms. The Hall–Kier alpha value is -3.39. The van der Waals surface area contributed by atoms with Crippen LogP contribution in [0.4, 0.5) is 4.79 Å². The van der Waals surface area contributed by atoms with Gasteiger partial charge in [0, 0.05) is 32.2 Å². The number of ether oxygens (including phenoxy) is 2. The number of hydrazone groups is 1. The number of nitrogens with one attached hydrogen (secondary N) is 1. The Morgan fingerprint density at radius 2 is 1.94 bits per heavy atom. The Kier molecular flexibility index (Phi) is 8.21. The highest BCUT2D eigenvalue weighted by Crippen LogP contribution is 2.33. The van der Waals surface area contributed by atoms with Crippen molar-refractivity contribution >= 4 is 17.6 Å². The Morgan fingerprint density at radius 3 is 2.62 bits per heavy atom. The van der Waals surface area contributed by atoms with Crippen molar-refractivity contribution in [3.8, 4) is 5.75 Å². The van der Waals surface area contributed by atoms with Crippen LogP contribution >= 0.6 is 0 Å². The highest BCUT2D eigenvalue weighted by atomic mass is 16.5. The van der Waals surface area contributed by atoms with Crippen LogP contribution in [0.15, 0.2) is 59.7 Å².